The van der Waals surface area contributed by atoms with E-state index >= 15 is 0 Å². The molecule has 0 radical (unpaired) electrons. The predicted molar refractivity (Wildman–Crippen MR) is 192 cm³/mol. The van der Waals surface area contributed by atoms with E-state index < -0.39 is 20.8 Å². The van der Waals surface area contributed by atoms with Crippen LogP contribution in [0.4, 0.5) is 0 Å². The molecule has 0 unspecified atom stereocenters. The minimum absolute atomic E-state index is 0.0238. The molecule has 7 aromatic rings. The van der Waals surface area contributed by atoms with Crippen molar-refractivity contribution in [3.8, 4) is 34.3 Å². The van der Waals surface area contributed by atoms with E-state index in [2.05, 4.69) is 8.37 Å². The van der Waals surface area contributed by atoms with Gasteiger partial charge in [-0.1, -0.05) is 72.8 Å². The Kier molecular flexibility index (Phi) is 8.89. The van der Waals surface area contributed by atoms with Crippen LogP contribution < -0.4 is 19.5 Å². The quantitative estimate of drug-likeness (QED) is 0.180. The number of para-hydroxylation sites is 2. The van der Waals surface area contributed by atoms with Gasteiger partial charge in [-0.15, -0.1) is 0 Å². The molecule has 262 valence electrons. The van der Waals surface area contributed by atoms with Gasteiger partial charge in [-0.3, -0.25) is 27.8 Å². The first kappa shape index (κ1) is 34.3. The van der Waals surface area contributed by atoms with E-state index in [1.165, 1.54) is 45.5 Å². The monoisotopic (exact) mass is 738 g/mol. The van der Waals surface area contributed by atoms with Gasteiger partial charge in [-0.05, 0) is 59.7 Å². The topological polar surface area (TPSA) is 197 Å². The third-order valence-corrected chi connectivity index (χ3v) is 8.79. The van der Waals surface area contributed by atoms with E-state index in [0.29, 0.717) is 44.1 Å². The highest BCUT2D eigenvalue weighted by Crippen LogP contribution is 2.27. The first-order valence-corrected chi connectivity index (χ1v) is 18.2. The summed E-state index contributed by atoms with van der Waals surface area (Å²) in [5, 5.41) is 0.706. The van der Waals surface area contributed by atoms with E-state index in [1.807, 2.05) is 6.07 Å². The van der Waals surface area contributed by atoms with Gasteiger partial charge in [-0.2, -0.15) is 16.8 Å². The molecule has 0 amide bonds. The largest absolute Gasteiger partial charge is 0.446 e. The lowest BCUT2D eigenvalue weighted by molar-refractivity contribution is 0.384. The number of rotatable bonds is 10. The van der Waals surface area contributed by atoms with E-state index in [1.54, 1.807) is 78.9 Å². The number of nitrogens with zero attached hydrogens (tertiary/aromatic N) is 4. The van der Waals surface area contributed by atoms with E-state index in [0.717, 1.165) is 0 Å². The molecule has 14 nitrogen and oxygen atoms in total. The second-order valence-corrected chi connectivity index (χ2v) is 13.6. The Morgan fingerprint density at radius 2 is 0.923 bits per heavy atom. The second-order valence-electron chi connectivity index (χ2n) is 11.6. The maximum Gasteiger partial charge on any atom is 0.446 e. The molecule has 0 atom stereocenters. The minimum atomic E-state index is -4.81. The summed E-state index contributed by atoms with van der Waals surface area (Å²) >= 11 is 0. The molecule has 7 rings (SSSR count). The van der Waals surface area contributed by atoms with Gasteiger partial charge >= 0.3 is 20.8 Å². The van der Waals surface area contributed by atoms with Crippen LogP contribution in [0.25, 0.3) is 44.6 Å². The van der Waals surface area contributed by atoms with Crippen LogP contribution in [0.3, 0.4) is 0 Å². The third kappa shape index (κ3) is 7.45. The Labute approximate surface area is 295 Å². The van der Waals surface area contributed by atoms with Crippen LogP contribution in [0, 0.1) is 0 Å². The highest BCUT2D eigenvalue weighted by molar-refractivity contribution is 7.81. The van der Waals surface area contributed by atoms with Crippen molar-refractivity contribution >= 4 is 42.6 Å². The van der Waals surface area contributed by atoms with E-state index in [-0.39, 0.29) is 47.4 Å². The van der Waals surface area contributed by atoms with Gasteiger partial charge in [0.2, 0.25) is 0 Å². The Morgan fingerprint density at radius 1 is 0.519 bits per heavy atom. The zero-order valence-corrected chi connectivity index (χ0v) is 28.4. The molecule has 0 aliphatic carbocycles. The fourth-order valence-electron chi connectivity index (χ4n) is 5.88. The molecule has 0 saturated carbocycles. The molecule has 0 aliphatic rings. The van der Waals surface area contributed by atoms with E-state index in [4.69, 9.17) is 9.97 Å². The van der Waals surface area contributed by atoms with Crippen LogP contribution in [-0.2, 0) is 33.9 Å². The smallest absolute Gasteiger partial charge is 0.362 e. The van der Waals surface area contributed by atoms with Gasteiger partial charge in [-0.25, -0.2) is 9.97 Å². The van der Waals surface area contributed by atoms with Crippen LogP contribution in [0.15, 0.2) is 131 Å². The van der Waals surface area contributed by atoms with Crippen LogP contribution >= 0.6 is 0 Å². The second kappa shape index (κ2) is 13.5. The molecular weight excluding hydrogens is 713 g/mol. The predicted octanol–water partition coefficient (Wildman–Crippen LogP) is 4.90. The molecule has 16 heteroatoms. The summed E-state index contributed by atoms with van der Waals surface area (Å²) in [5.74, 6) is 0.0470. The first-order chi connectivity index (χ1) is 24.8. The normalized spacial score (nSPS) is 11.9. The van der Waals surface area contributed by atoms with Crippen molar-refractivity contribution in [1.29, 1.82) is 0 Å². The lowest BCUT2D eigenvalue weighted by Gasteiger charge is -2.16. The molecule has 0 fully saturated rings. The molecule has 0 saturated heterocycles. The number of hydrogen-bond donors (Lipinski definition) is 2. The summed E-state index contributed by atoms with van der Waals surface area (Å²) in [5.41, 5.74) is 2.11. The van der Waals surface area contributed by atoms with Gasteiger partial charge in [0.15, 0.2) is 0 Å². The zero-order valence-electron chi connectivity index (χ0n) is 26.7. The average Bonchev–Trinajstić information content (AvgIpc) is 3.09. The maximum absolute atomic E-state index is 13.9. The molecule has 52 heavy (non-hydrogen) atoms. The summed E-state index contributed by atoms with van der Waals surface area (Å²) < 4.78 is 76.2. The van der Waals surface area contributed by atoms with Crippen LogP contribution in [-0.4, -0.2) is 45.0 Å². The SMILES string of the molecule is O=c1c2ccccc2nc(-c2cccc(OS(=O)(=O)O)c2)n1Cc1cccc(Cn2c(-c3cccc(OS(=O)(=O)O)c3)nc3ccccc3c2=O)c1. The zero-order chi connectivity index (χ0) is 36.6. The van der Waals surface area contributed by atoms with Gasteiger partial charge in [0.05, 0.1) is 34.9 Å². The van der Waals surface area contributed by atoms with Crippen LogP contribution in [0.1, 0.15) is 11.1 Å². The molecule has 2 heterocycles. The minimum Gasteiger partial charge on any atom is -0.362 e. The first-order valence-electron chi connectivity index (χ1n) is 15.4. The number of aromatic nitrogens is 4. The van der Waals surface area contributed by atoms with Crippen molar-refractivity contribution in [3.63, 3.8) is 0 Å². The molecule has 0 spiro atoms. The number of hydrogen-bond acceptors (Lipinski definition) is 10. The third-order valence-electron chi connectivity index (χ3n) is 7.98. The Bertz CT molecular complexity index is 2680. The Hall–Kier alpha value is -6.20. The van der Waals surface area contributed by atoms with Crippen molar-refractivity contribution in [3.05, 3.63) is 153 Å². The Morgan fingerprint density at radius 3 is 1.35 bits per heavy atom. The molecule has 2 aromatic heterocycles. The highest BCUT2D eigenvalue weighted by atomic mass is 32.3. The van der Waals surface area contributed by atoms with Gasteiger partial charge in [0.25, 0.3) is 11.1 Å². The maximum atomic E-state index is 13.9. The molecule has 0 aliphatic heterocycles. The van der Waals surface area contributed by atoms with Crippen LogP contribution in [0.2, 0.25) is 0 Å². The van der Waals surface area contributed by atoms with Crippen molar-refractivity contribution in [2.75, 3.05) is 0 Å². The highest BCUT2D eigenvalue weighted by Gasteiger charge is 2.18. The van der Waals surface area contributed by atoms with Gasteiger partial charge < -0.3 is 8.37 Å². The van der Waals surface area contributed by atoms with E-state index in [9.17, 15) is 35.5 Å². The van der Waals surface area contributed by atoms with Gasteiger partial charge in [0.1, 0.15) is 23.1 Å². The van der Waals surface area contributed by atoms with Crippen molar-refractivity contribution in [1.82, 2.24) is 19.1 Å². The summed E-state index contributed by atoms with van der Waals surface area (Å²) in [4.78, 5) is 37.3. The summed E-state index contributed by atoms with van der Waals surface area (Å²) in [6, 6.07) is 32.3. The summed E-state index contributed by atoms with van der Waals surface area (Å²) in [7, 11) is -9.62. The number of benzene rings is 5. The standard InChI is InChI=1S/C36H26N4O10S2/c41-35-29-14-1-3-16-31(29)37-33(25-10-6-12-27(19-25)49-51(43,44)45)39(35)21-23-8-5-9-24(18-23)22-40-34(38-32-17-4-2-15-30(32)36(40)42)26-11-7-13-28(20-26)50-52(46,47)48/h1-20H,21-22H2,(H,43,44,45)(H,46,47,48). The molecular formula is C36H26N4O10S2. The fraction of sp³-hybridized carbons (Fsp3) is 0.0556. The molecule has 2 N–H and O–H groups in total. The van der Waals surface area contributed by atoms with Crippen molar-refractivity contribution in [2.45, 2.75) is 13.1 Å². The fourth-order valence-corrected chi connectivity index (χ4v) is 6.57. The Balaban J connectivity index is 1.31. The summed E-state index contributed by atoms with van der Waals surface area (Å²) in [6.45, 7) is 0.0476. The summed E-state index contributed by atoms with van der Waals surface area (Å²) in [6.07, 6.45) is 0. The molecule has 5 aromatic carbocycles. The van der Waals surface area contributed by atoms with Crippen molar-refractivity contribution in [2.24, 2.45) is 0 Å². The van der Waals surface area contributed by atoms with Crippen LogP contribution in [0.5, 0.6) is 11.5 Å². The average molecular weight is 739 g/mol. The lowest BCUT2D eigenvalue weighted by Crippen LogP contribution is -2.25. The number of fused-ring (bicyclic) bond motifs is 2. The molecule has 0 bridgehead atoms. The lowest BCUT2D eigenvalue weighted by atomic mass is 10.1. The van der Waals surface area contributed by atoms with Gasteiger partial charge in [0, 0.05) is 11.1 Å². The van der Waals surface area contributed by atoms with Crippen molar-refractivity contribution < 1.29 is 34.3 Å².